The summed E-state index contributed by atoms with van der Waals surface area (Å²) in [5.74, 6) is 2.05. The fourth-order valence-corrected chi connectivity index (χ4v) is 16.4. The maximum absolute atomic E-state index is 10.5. The first kappa shape index (κ1) is 75.7. The fourth-order valence-electron chi connectivity index (χ4n) is 16.4. The third-order valence-corrected chi connectivity index (χ3v) is 22.4. The molecule has 590 valence electrons. The topological polar surface area (TPSA) is 336 Å². The van der Waals surface area contributed by atoms with E-state index in [0.717, 1.165) is 160 Å². The largest absolute Gasteiger partial charge is 0.506 e. The number of nitrogens with zero attached hydrogens (tertiary/aromatic N) is 19. The molecule has 17 aromatic rings. The molecule has 0 bridgehead atoms. The zero-order valence-corrected chi connectivity index (χ0v) is 65.9. The van der Waals surface area contributed by atoms with Crippen LogP contribution in [0.15, 0.2) is 297 Å². The Hall–Kier alpha value is -14.9. The van der Waals surface area contributed by atoms with Gasteiger partial charge in [-0.1, -0.05) is 161 Å². The van der Waals surface area contributed by atoms with E-state index in [1.165, 1.54) is 10.6 Å². The van der Waals surface area contributed by atoms with Crippen LogP contribution in [-0.2, 0) is 67.0 Å². The van der Waals surface area contributed by atoms with Crippen LogP contribution in [-0.4, -0.2) is 63.1 Å². The summed E-state index contributed by atoms with van der Waals surface area (Å²) in [6, 6.07) is 70.3. The van der Waals surface area contributed by atoms with Crippen molar-refractivity contribution in [3.8, 4) is 23.0 Å². The number of nitrogens with one attached hydrogen (secondary N) is 1. The van der Waals surface area contributed by atoms with Crippen LogP contribution in [0.2, 0.25) is 0 Å². The Bertz CT molecular complexity index is 6620. The Morgan fingerprint density at radius 2 is 0.763 bits per heavy atom. The Balaban J connectivity index is 0.000000169. The molecule has 2 unspecified atom stereocenters. The lowest BCUT2D eigenvalue weighted by Crippen LogP contribution is -3.11. The van der Waals surface area contributed by atoms with Crippen LogP contribution in [0.1, 0.15) is 25.7 Å². The number of quaternary nitrogens is 1. The number of phenolic OH excluding ortho intramolecular Hbond substituents is 4. The van der Waals surface area contributed by atoms with Gasteiger partial charge < -0.3 is 43.4 Å². The molecule has 118 heavy (non-hydrogen) atoms. The number of anilines is 5. The molecule has 13 N–H and O–H groups in total. The minimum Gasteiger partial charge on any atom is -0.506 e. The van der Waals surface area contributed by atoms with E-state index in [2.05, 4.69) is 149 Å². The lowest BCUT2D eigenvalue weighted by molar-refractivity contribution is -0.853. The van der Waals surface area contributed by atoms with Gasteiger partial charge in [-0.3, -0.25) is 9.80 Å². The van der Waals surface area contributed by atoms with Crippen molar-refractivity contribution in [1.29, 1.82) is 0 Å². The Morgan fingerprint density at radius 3 is 1.25 bits per heavy atom. The molecule has 2 atom stereocenters. The van der Waals surface area contributed by atoms with Crippen molar-refractivity contribution in [2.75, 3.05) is 41.4 Å². The molecular weight excluding hydrogens is 1480 g/mol. The van der Waals surface area contributed by atoms with Gasteiger partial charge in [-0.15, -0.1) is 10.2 Å². The van der Waals surface area contributed by atoms with Gasteiger partial charge in [0.2, 0.25) is 12.7 Å². The summed E-state index contributed by atoms with van der Waals surface area (Å²) in [7, 11) is 8.03. The van der Waals surface area contributed by atoms with Crippen LogP contribution < -0.4 is 55.6 Å². The number of fused-ring (bicyclic) bond motifs is 8. The van der Waals surface area contributed by atoms with E-state index in [-0.39, 0.29) is 40.7 Å². The third-order valence-electron chi connectivity index (χ3n) is 22.4. The Kier molecular flexibility index (Phi) is 20.9. The van der Waals surface area contributed by atoms with Gasteiger partial charge in [0.1, 0.15) is 121 Å². The van der Waals surface area contributed by atoms with Crippen LogP contribution >= 0.6 is 0 Å². The molecule has 1 aliphatic heterocycles. The second kappa shape index (κ2) is 32.5. The summed E-state index contributed by atoms with van der Waals surface area (Å²) in [5.41, 5.74) is 36.7. The minimum absolute atomic E-state index is 0.00121. The van der Waals surface area contributed by atoms with E-state index in [0.29, 0.717) is 52.0 Å². The number of hydrogen-bond donors (Lipinski definition) is 9. The number of imidazole rings is 5. The van der Waals surface area contributed by atoms with Crippen molar-refractivity contribution >= 4 is 151 Å². The third kappa shape index (κ3) is 14.6. The number of benzene rings is 12. The molecule has 5 aromatic heterocycles. The molecule has 0 fully saturated rings. The number of rotatable bonds is 24. The van der Waals surface area contributed by atoms with Crippen LogP contribution in [0.25, 0.3) is 76.2 Å². The van der Waals surface area contributed by atoms with Crippen molar-refractivity contribution in [2.24, 2.45) is 62.1 Å². The summed E-state index contributed by atoms with van der Waals surface area (Å²) in [6.45, 7) is 6.28. The molecule has 0 aliphatic carbocycles. The summed E-state index contributed by atoms with van der Waals surface area (Å²) < 4.78 is 21.6. The molecule has 1 aliphatic rings. The zero-order chi connectivity index (χ0) is 81.2. The molecule has 28 heteroatoms. The second-order valence-corrected chi connectivity index (χ2v) is 29.8. The van der Waals surface area contributed by atoms with Crippen LogP contribution in [0.4, 0.5) is 74.7 Å². The molecule has 0 amide bonds. The van der Waals surface area contributed by atoms with E-state index >= 15 is 0 Å². The van der Waals surface area contributed by atoms with Crippen molar-refractivity contribution in [3.05, 3.63) is 256 Å². The first-order valence-corrected chi connectivity index (χ1v) is 39.4. The number of nitrogen functional groups attached to an aromatic ring is 4. The average Bonchev–Trinajstić information content (AvgIpc) is 1.46. The fraction of sp³-hybridized carbons (Fsp3) is 0.189. The SMILES string of the molecule is CN1c2ccccc2[NH+](CCCn2cc[n+](CCCn3c(N=Nc4c(N)c(O)cc5ccccc45)[n+](C)c4ccccc43)c2)C1N=Nc1c(N)c(O)cc2ccccc12.C[n+]1c(N=Nc2cc(O)c(N)c3ccccc23)n(CCCn2cc[n+](CCCn3c(N=Nc4cc(O)c(N)c5ccccc45)[n+](C)c4ccccc43)c2)c2ccccc21. The standard InChI is InChI=1S/C45H42N12O2.C45H44N12O2/c1-52-36-17-7-9-19-38(36)56(44(52)50-48-34-27-40(58)42(46)32-15-5-3-13-30(32)34)23-11-21-54-25-26-55(29-54)22-12-24-57-39-20-10-8-18-37(39)53(2)45(57)51-49-35-28-41(59)43(47)33-16-6-4-14-31(33)35;1-52-34-17-7-9-19-36(34)56(44(52)50-48-42-32-15-5-3-13-30(32)27-38(58)40(42)46)23-11-21-54-25-26-55(29-54)22-12-24-57-37-20-10-8-18-35(37)53(2)45(57)51-49-43-33-16-6-4-14-31(33)28-39(59)41(43)47/h3-10,13-20,25-29,46-47H,11-12,21-24H2,1-2H3,(H-,48,49,58,59);3-10,13-20,25-29,44H,11-12,21-24H2,1-2H3,(H4-,46,47,48,49,50,58,59)/p+6. The van der Waals surface area contributed by atoms with E-state index < -0.39 is 0 Å². The van der Waals surface area contributed by atoms with Gasteiger partial charge >= 0.3 is 17.8 Å². The molecule has 0 spiro atoms. The van der Waals surface area contributed by atoms with Gasteiger partial charge in [0.25, 0.3) is 6.29 Å². The van der Waals surface area contributed by atoms with Crippen molar-refractivity contribution < 1.29 is 48.2 Å². The number of para-hydroxylation sites is 8. The summed E-state index contributed by atoms with van der Waals surface area (Å²) in [4.78, 5) is 3.36. The zero-order valence-electron chi connectivity index (χ0n) is 65.9. The van der Waals surface area contributed by atoms with Gasteiger partial charge in [0, 0.05) is 98.6 Å². The first-order chi connectivity index (χ1) is 57.5. The lowest BCUT2D eigenvalue weighted by Gasteiger charge is -2.21. The summed E-state index contributed by atoms with van der Waals surface area (Å²) in [6.07, 6.45) is 16.0. The lowest BCUT2D eigenvalue weighted by atomic mass is 10.1. The van der Waals surface area contributed by atoms with Crippen LogP contribution in [0.3, 0.4) is 0 Å². The number of nitrogens with two attached hydrogens (primary N) is 4. The maximum atomic E-state index is 10.5. The highest BCUT2D eigenvalue weighted by molar-refractivity contribution is 6.04. The normalized spacial score (nSPS) is 13.8. The molecule has 6 heterocycles. The van der Waals surface area contributed by atoms with Crippen molar-refractivity contribution in [3.63, 3.8) is 0 Å². The molecular formula is C90H92N24O4+6. The maximum Gasteiger partial charge on any atom is 0.422 e. The highest BCUT2D eigenvalue weighted by Crippen LogP contribution is 2.44. The van der Waals surface area contributed by atoms with Crippen molar-refractivity contribution in [2.45, 2.75) is 77.8 Å². The number of hydrogen-bond acceptors (Lipinski definition) is 17. The average molecular weight is 1570 g/mol. The minimum atomic E-state index is -0.296. The monoisotopic (exact) mass is 1570 g/mol. The van der Waals surface area contributed by atoms with Crippen LogP contribution in [0.5, 0.6) is 23.0 Å². The van der Waals surface area contributed by atoms with Crippen LogP contribution in [0, 0.1) is 0 Å². The van der Waals surface area contributed by atoms with Gasteiger partial charge in [-0.25, -0.2) is 45.7 Å². The molecule has 18 rings (SSSR count). The van der Waals surface area contributed by atoms with Gasteiger partial charge in [-0.2, -0.15) is 0 Å². The molecule has 0 saturated heterocycles. The number of aromatic hydroxyl groups is 4. The van der Waals surface area contributed by atoms with Gasteiger partial charge in [0.05, 0.1) is 84.9 Å². The highest BCUT2D eigenvalue weighted by atomic mass is 16.3. The molecule has 12 aromatic carbocycles. The van der Waals surface area contributed by atoms with Gasteiger partial charge in [-0.05, 0) is 65.4 Å². The highest BCUT2D eigenvalue weighted by Gasteiger charge is 2.39. The Labute approximate surface area is 678 Å². The molecule has 0 saturated carbocycles. The first-order valence-electron chi connectivity index (χ1n) is 39.4. The predicted octanol–water partition coefficient (Wildman–Crippen LogP) is 15.3. The van der Waals surface area contributed by atoms with E-state index in [1.54, 1.807) is 24.3 Å². The van der Waals surface area contributed by atoms with E-state index in [1.807, 2.05) is 181 Å². The van der Waals surface area contributed by atoms with E-state index in [9.17, 15) is 20.4 Å². The quantitative estimate of drug-likeness (QED) is 0.0120. The number of aromatic nitrogens is 10. The second-order valence-electron chi connectivity index (χ2n) is 29.8. The number of azo groups is 4. The smallest absolute Gasteiger partial charge is 0.422 e. The molecule has 0 radical (unpaired) electrons. The summed E-state index contributed by atoms with van der Waals surface area (Å²) >= 11 is 0. The number of aryl methyl sites for hydroxylation is 10. The number of phenols is 4. The summed E-state index contributed by atoms with van der Waals surface area (Å²) in [5, 5.41) is 86.3. The molecule has 28 nitrogen and oxygen atoms in total. The Morgan fingerprint density at radius 1 is 0.381 bits per heavy atom. The van der Waals surface area contributed by atoms with E-state index in [4.69, 9.17) is 43.4 Å². The van der Waals surface area contributed by atoms with Crippen molar-refractivity contribution in [1.82, 2.24) is 22.8 Å². The van der Waals surface area contributed by atoms with Gasteiger partial charge in [0.15, 0.2) is 5.69 Å². The predicted molar refractivity (Wildman–Crippen MR) is 458 cm³/mol.